The third-order valence-corrected chi connectivity index (χ3v) is 3.46. The minimum Gasteiger partial charge on any atom is -0.466 e. The predicted molar refractivity (Wildman–Crippen MR) is 73.7 cm³/mol. The summed E-state index contributed by atoms with van der Waals surface area (Å²) in [5.41, 5.74) is 0.403. The second-order valence-electron chi connectivity index (χ2n) is 4.11. The molecule has 1 rings (SSSR count). The van der Waals surface area contributed by atoms with Crippen LogP contribution in [0.15, 0.2) is 4.79 Å². The number of nitrogens with one attached hydrogen (secondary N) is 2. The van der Waals surface area contributed by atoms with Gasteiger partial charge in [0.1, 0.15) is 5.69 Å². The number of rotatable bonds is 7. The van der Waals surface area contributed by atoms with Gasteiger partial charge in [-0.15, -0.1) is 0 Å². The van der Waals surface area contributed by atoms with Crippen LogP contribution in [-0.2, 0) is 9.53 Å². The van der Waals surface area contributed by atoms with Crippen LogP contribution in [-0.4, -0.2) is 33.2 Å². The van der Waals surface area contributed by atoms with E-state index in [1.165, 1.54) is 0 Å². The Morgan fingerprint density at radius 3 is 2.58 bits per heavy atom. The van der Waals surface area contributed by atoms with Gasteiger partial charge in [0.2, 0.25) is 0 Å². The standard InChI is InChI=1S/C12H17BrN2O4/c1-3-19-9(16)6-4-5-8(13)11(17)10-7(2)14-12(18)15-10/h8H,3-6H2,1-2H3,(H2,14,15,18). The summed E-state index contributed by atoms with van der Waals surface area (Å²) in [6.07, 6.45) is 1.34. The molecular formula is C12H17BrN2O4. The molecule has 0 saturated carbocycles. The molecular weight excluding hydrogens is 316 g/mol. The first-order valence-corrected chi connectivity index (χ1v) is 7.00. The SMILES string of the molecule is CCOC(=O)CCCC(Br)C(=O)c1[nH]c(=O)[nH]c1C. The molecule has 6 nitrogen and oxygen atoms in total. The van der Waals surface area contributed by atoms with Crippen LogP contribution >= 0.6 is 15.9 Å². The first-order chi connectivity index (χ1) is 8.95. The Labute approximate surface area is 119 Å². The van der Waals surface area contributed by atoms with Gasteiger partial charge < -0.3 is 14.7 Å². The highest BCUT2D eigenvalue weighted by molar-refractivity contribution is 9.10. The number of halogens is 1. The fourth-order valence-corrected chi connectivity index (χ4v) is 2.22. The molecule has 0 radical (unpaired) electrons. The highest BCUT2D eigenvalue weighted by atomic mass is 79.9. The maximum Gasteiger partial charge on any atom is 0.323 e. The summed E-state index contributed by atoms with van der Waals surface area (Å²) in [5.74, 6) is -0.458. The highest BCUT2D eigenvalue weighted by Crippen LogP contribution is 2.16. The van der Waals surface area contributed by atoms with Gasteiger partial charge in [-0.1, -0.05) is 15.9 Å². The summed E-state index contributed by atoms with van der Waals surface area (Å²) >= 11 is 3.27. The van der Waals surface area contributed by atoms with Gasteiger partial charge in [0, 0.05) is 12.1 Å². The second kappa shape index (κ2) is 7.28. The molecule has 0 aliphatic carbocycles. The number of aryl methyl sites for hydroxylation is 1. The van der Waals surface area contributed by atoms with Gasteiger partial charge in [0.25, 0.3) is 0 Å². The minimum atomic E-state index is -0.424. The fraction of sp³-hybridized carbons (Fsp3) is 0.583. The number of Topliss-reactive ketones (excluding diaryl/α,β-unsaturated/α-hetero) is 1. The van der Waals surface area contributed by atoms with Crippen LogP contribution in [0.1, 0.15) is 42.4 Å². The molecule has 19 heavy (non-hydrogen) atoms. The zero-order valence-electron chi connectivity index (χ0n) is 10.9. The molecule has 0 aliphatic heterocycles. The van der Waals surface area contributed by atoms with E-state index in [9.17, 15) is 14.4 Å². The van der Waals surface area contributed by atoms with E-state index in [1.807, 2.05) is 0 Å². The van der Waals surface area contributed by atoms with E-state index in [0.717, 1.165) is 0 Å². The molecule has 1 unspecified atom stereocenters. The zero-order valence-corrected chi connectivity index (χ0v) is 12.5. The van der Waals surface area contributed by atoms with Crippen molar-refractivity contribution < 1.29 is 14.3 Å². The van der Waals surface area contributed by atoms with E-state index in [2.05, 4.69) is 25.9 Å². The maximum atomic E-state index is 12.0. The van der Waals surface area contributed by atoms with Crippen LogP contribution in [0.4, 0.5) is 0 Å². The molecule has 7 heteroatoms. The Bertz CT molecular complexity index is 506. The Balaban J connectivity index is 2.48. The van der Waals surface area contributed by atoms with Gasteiger partial charge in [0.15, 0.2) is 5.78 Å². The summed E-state index contributed by atoms with van der Waals surface area (Å²) in [5, 5.41) is 0. The quantitative estimate of drug-likeness (QED) is 0.451. The first kappa shape index (κ1) is 15.7. The number of carbonyl (C=O) groups excluding carboxylic acids is 2. The van der Waals surface area contributed by atoms with Crippen molar-refractivity contribution in [3.8, 4) is 0 Å². The smallest absolute Gasteiger partial charge is 0.323 e. The molecule has 1 atom stereocenters. The number of alkyl halides is 1. The summed E-state index contributed by atoms with van der Waals surface area (Å²) in [6.45, 7) is 3.77. The first-order valence-electron chi connectivity index (χ1n) is 6.08. The number of aromatic amines is 2. The fourth-order valence-electron chi connectivity index (χ4n) is 1.66. The van der Waals surface area contributed by atoms with Gasteiger partial charge >= 0.3 is 11.7 Å². The monoisotopic (exact) mass is 332 g/mol. The average Bonchev–Trinajstić information content (AvgIpc) is 2.67. The lowest BCUT2D eigenvalue weighted by atomic mass is 10.1. The minimum absolute atomic E-state index is 0.195. The van der Waals surface area contributed by atoms with Crippen LogP contribution in [0.2, 0.25) is 0 Å². The lowest BCUT2D eigenvalue weighted by Gasteiger charge is -2.07. The highest BCUT2D eigenvalue weighted by Gasteiger charge is 2.21. The van der Waals surface area contributed by atoms with Gasteiger partial charge in [-0.2, -0.15) is 0 Å². The predicted octanol–water partition coefficient (Wildman–Crippen LogP) is 1.69. The van der Waals surface area contributed by atoms with Crippen LogP contribution in [0.3, 0.4) is 0 Å². The molecule has 0 bridgehead atoms. The number of ether oxygens (including phenoxy) is 1. The van der Waals surface area contributed by atoms with Crippen molar-refractivity contribution in [2.45, 2.75) is 37.9 Å². The van der Waals surface area contributed by atoms with Gasteiger partial charge in [-0.05, 0) is 26.7 Å². The summed E-state index contributed by atoms with van der Waals surface area (Å²) in [6, 6.07) is 0. The number of ketones is 1. The summed E-state index contributed by atoms with van der Waals surface area (Å²) < 4.78 is 4.80. The van der Waals surface area contributed by atoms with Crippen LogP contribution in [0.25, 0.3) is 0 Å². The Morgan fingerprint density at radius 2 is 2.05 bits per heavy atom. The van der Waals surface area contributed by atoms with Crippen molar-refractivity contribution in [1.82, 2.24) is 9.97 Å². The van der Waals surface area contributed by atoms with Crippen molar-refractivity contribution in [3.05, 3.63) is 21.9 Å². The number of hydrogen-bond donors (Lipinski definition) is 2. The van der Waals surface area contributed by atoms with Crippen LogP contribution < -0.4 is 5.69 Å². The van der Waals surface area contributed by atoms with E-state index >= 15 is 0 Å². The summed E-state index contributed by atoms with van der Waals surface area (Å²) in [7, 11) is 0. The lowest BCUT2D eigenvalue weighted by molar-refractivity contribution is -0.143. The lowest BCUT2D eigenvalue weighted by Crippen LogP contribution is -2.17. The molecule has 0 spiro atoms. The molecule has 0 amide bonds. The van der Waals surface area contributed by atoms with E-state index < -0.39 is 10.5 Å². The third-order valence-electron chi connectivity index (χ3n) is 2.59. The Morgan fingerprint density at radius 1 is 1.37 bits per heavy atom. The number of imidazole rings is 1. The molecule has 2 N–H and O–H groups in total. The number of carbonyl (C=O) groups is 2. The maximum absolute atomic E-state index is 12.0. The van der Waals surface area contributed by atoms with E-state index in [0.29, 0.717) is 25.1 Å². The van der Waals surface area contributed by atoms with E-state index in [1.54, 1.807) is 13.8 Å². The number of H-pyrrole nitrogens is 2. The molecule has 0 aliphatic rings. The largest absolute Gasteiger partial charge is 0.466 e. The van der Waals surface area contributed by atoms with Crippen molar-refractivity contribution in [1.29, 1.82) is 0 Å². The Kier molecular flexibility index (Phi) is 6.01. The van der Waals surface area contributed by atoms with Gasteiger partial charge in [0.05, 0.1) is 11.4 Å². The van der Waals surface area contributed by atoms with Crippen molar-refractivity contribution in [3.63, 3.8) is 0 Å². The van der Waals surface area contributed by atoms with Crippen molar-refractivity contribution >= 4 is 27.7 Å². The summed E-state index contributed by atoms with van der Waals surface area (Å²) in [4.78, 5) is 38.8. The average molecular weight is 333 g/mol. The molecule has 1 heterocycles. The molecule has 0 saturated heterocycles. The molecule has 0 fully saturated rings. The van der Waals surface area contributed by atoms with Crippen LogP contribution in [0.5, 0.6) is 0 Å². The second-order valence-corrected chi connectivity index (χ2v) is 5.21. The Hall–Kier alpha value is -1.37. The van der Waals surface area contributed by atoms with E-state index in [4.69, 9.17) is 4.74 Å². The zero-order chi connectivity index (χ0) is 14.4. The molecule has 106 valence electrons. The normalized spacial score (nSPS) is 12.2. The third kappa shape index (κ3) is 4.66. The van der Waals surface area contributed by atoms with Gasteiger partial charge in [-0.3, -0.25) is 9.59 Å². The molecule has 1 aromatic heterocycles. The molecule has 0 aromatic carbocycles. The number of aromatic nitrogens is 2. The molecule has 1 aromatic rings. The number of esters is 1. The number of hydrogen-bond acceptors (Lipinski definition) is 4. The topological polar surface area (TPSA) is 92.0 Å². The van der Waals surface area contributed by atoms with Crippen molar-refractivity contribution in [2.75, 3.05) is 6.61 Å². The van der Waals surface area contributed by atoms with Gasteiger partial charge in [-0.25, -0.2) is 4.79 Å². The van der Waals surface area contributed by atoms with E-state index in [-0.39, 0.29) is 23.9 Å². The van der Waals surface area contributed by atoms with Crippen LogP contribution in [0, 0.1) is 6.92 Å². The van der Waals surface area contributed by atoms with Crippen molar-refractivity contribution in [2.24, 2.45) is 0 Å².